The molecule has 0 aromatic carbocycles. The van der Waals surface area contributed by atoms with Crippen molar-refractivity contribution in [3.05, 3.63) is 72.9 Å². The SMILES string of the molecule is CC/C=C\C/C=C\C/C=C\C/C=C\C/C=C\CCCCCCCCCC(=O)NC(COP(=O)(O)OCC[N+](C)(C)C)C(/C=C/CCCCCCCCCCCC)OC(=O)CCCCCCCCCCCCCCCCCCCCCCCCC. The lowest BCUT2D eigenvalue weighted by molar-refractivity contribution is -0.870. The Morgan fingerprint density at radius 1 is 0.429 bits per heavy atom. The summed E-state index contributed by atoms with van der Waals surface area (Å²) in [6, 6.07) is -0.856. The third kappa shape index (κ3) is 63.9. The van der Waals surface area contributed by atoms with Crippen LogP contribution in [0.2, 0.25) is 0 Å². The van der Waals surface area contributed by atoms with Crippen LogP contribution >= 0.6 is 7.82 Å². The first-order valence-corrected chi connectivity index (χ1v) is 37.3. The number of carbonyl (C=O) groups excluding carboxylic acids is 2. The Balaban J connectivity index is 5.08. The summed E-state index contributed by atoms with van der Waals surface area (Å²) in [7, 11) is 1.49. The molecule has 0 saturated heterocycles. The molecule has 1 amide bonds. The van der Waals surface area contributed by atoms with Crippen molar-refractivity contribution in [1.29, 1.82) is 0 Å². The number of amides is 1. The number of phosphoric ester groups is 1. The van der Waals surface area contributed by atoms with Gasteiger partial charge in [-0.1, -0.05) is 319 Å². The fourth-order valence-corrected chi connectivity index (χ4v) is 11.2. The zero-order valence-corrected chi connectivity index (χ0v) is 57.0. The molecule has 2 N–H and O–H groups in total. The van der Waals surface area contributed by atoms with Crippen LogP contribution in [0.5, 0.6) is 0 Å². The lowest BCUT2D eigenvalue weighted by atomic mass is 10.0. The highest BCUT2D eigenvalue weighted by Gasteiger charge is 2.30. The van der Waals surface area contributed by atoms with Crippen molar-refractivity contribution in [1.82, 2.24) is 5.32 Å². The van der Waals surface area contributed by atoms with Gasteiger partial charge in [-0.15, -0.1) is 0 Å². The Bertz CT molecular complexity index is 1670. The molecule has 0 aliphatic rings. The summed E-state index contributed by atoms with van der Waals surface area (Å²) in [4.78, 5) is 37.9. The van der Waals surface area contributed by atoms with Gasteiger partial charge in [0, 0.05) is 12.8 Å². The minimum Gasteiger partial charge on any atom is -0.456 e. The molecule has 9 nitrogen and oxygen atoms in total. The molecule has 0 spiro atoms. The molecule has 3 atom stereocenters. The summed E-state index contributed by atoms with van der Waals surface area (Å²) in [5.41, 5.74) is 0. The summed E-state index contributed by atoms with van der Waals surface area (Å²) in [6.45, 7) is 6.93. The molecule has 0 heterocycles. The maximum absolute atomic E-state index is 13.6. The summed E-state index contributed by atoms with van der Waals surface area (Å²) in [5.74, 6) is -0.506. The summed E-state index contributed by atoms with van der Waals surface area (Å²) in [6.07, 6.45) is 83.4. The van der Waals surface area contributed by atoms with Crippen LogP contribution in [0, 0.1) is 0 Å². The van der Waals surface area contributed by atoms with Gasteiger partial charge in [0.05, 0.1) is 33.8 Å². The Morgan fingerprint density at radius 2 is 0.762 bits per heavy atom. The number of esters is 1. The van der Waals surface area contributed by atoms with Crippen molar-refractivity contribution in [2.45, 2.75) is 348 Å². The van der Waals surface area contributed by atoms with Gasteiger partial charge >= 0.3 is 13.8 Å². The van der Waals surface area contributed by atoms with Crippen LogP contribution in [0.3, 0.4) is 0 Å². The van der Waals surface area contributed by atoms with Crippen LogP contribution in [0.4, 0.5) is 0 Å². The van der Waals surface area contributed by atoms with Crippen LogP contribution in [0.15, 0.2) is 72.9 Å². The highest BCUT2D eigenvalue weighted by atomic mass is 31.2. The number of hydrogen-bond acceptors (Lipinski definition) is 6. The maximum Gasteiger partial charge on any atom is 0.472 e. The largest absolute Gasteiger partial charge is 0.472 e. The molecule has 490 valence electrons. The first-order chi connectivity index (χ1) is 40.9. The van der Waals surface area contributed by atoms with Crippen molar-refractivity contribution in [3.63, 3.8) is 0 Å². The van der Waals surface area contributed by atoms with Gasteiger partial charge < -0.3 is 19.4 Å². The van der Waals surface area contributed by atoms with Crippen LogP contribution in [-0.2, 0) is 27.9 Å². The Hall–Kier alpha value is -2.55. The first kappa shape index (κ1) is 81.5. The van der Waals surface area contributed by atoms with Crippen LogP contribution in [-0.4, -0.2) is 74.3 Å². The molecule has 0 bridgehead atoms. The quantitative estimate of drug-likeness (QED) is 0.0205. The average molecular weight is 1200 g/mol. The Morgan fingerprint density at radius 3 is 1.14 bits per heavy atom. The zero-order valence-electron chi connectivity index (χ0n) is 56.1. The lowest BCUT2D eigenvalue weighted by Gasteiger charge is -2.27. The summed E-state index contributed by atoms with van der Waals surface area (Å²) in [5, 5.41) is 3.07. The van der Waals surface area contributed by atoms with E-state index < -0.39 is 20.0 Å². The number of rotatable bonds is 65. The highest BCUT2D eigenvalue weighted by molar-refractivity contribution is 7.47. The van der Waals surface area contributed by atoms with E-state index in [4.69, 9.17) is 13.8 Å². The van der Waals surface area contributed by atoms with Gasteiger partial charge in [0.2, 0.25) is 5.91 Å². The molecular formula is C74H138N2O7P+. The minimum atomic E-state index is -4.46. The van der Waals surface area contributed by atoms with Crippen molar-refractivity contribution in [2.24, 2.45) is 0 Å². The number of likely N-dealkylation sites (N-methyl/N-ethyl adjacent to an activating group) is 1. The van der Waals surface area contributed by atoms with E-state index in [1.807, 2.05) is 33.3 Å². The van der Waals surface area contributed by atoms with Crippen LogP contribution in [0.1, 0.15) is 335 Å². The van der Waals surface area contributed by atoms with E-state index in [9.17, 15) is 19.0 Å². The number of ether oxygens (including phenoxy) is 1. The molecule has 0 aromatic heterocycles. The molecule has 0 aromatic rings. The summed E-state index contributed by atoms with van der Waals surface area (Å²) < 4.78 is 30.8. The van der Waals surface area contributed by atoms with Gasteiger partial charge in [0.15, 0.2) is 0 Å². The number of phosphoric acid groups is 1. The molecule has 0 aliphatic heterocycles. The Labute approximate surface area is 521 Å². The van der Waals surface area contributed by atoms with E-state index >= 15 is 0 Å². The average Bonchev–Trinajstić information content (AvgIpc) is 3.64. The molecule has 0 rings (SSSR count). The predicted molar refractivity (Wildman–Crippen MR) is 365 cm³/mol. The van der Waals surface area contributed by atoms with E-state index in [1.54, 1.807) is 0 Å². The van der Waals surface area contributed by atoms with Gasteiger partial charge in [0.1, 0.15) is 19.3 Å². The second-order valence-corrected chi connectivity index (χ2v) is 26.8. The van der Waals surface area contributed by atoms with E-state index in [0.29, 0.717) is 23.9 Å². The minimum absolute atomic E-state index is 0.0370. The van der Waals surface area contributed by atoms with Crippen LogP contribution < -0.4 is 5.32 Å². The van der Waals surface area contributed by atoms with Crippen molar-refractivity contribution in [2.75, 3.05) is 40.9 Å². The fourth-order valence-electron chi connectivity index (χ4n) is 10.4. The monoisotopic (exact) mass is 1200 g/mol. The lowest BCUT2D eigenvalue weighted by Crippen LogP contribution is -2.47. The fraction of sp³-hybridized carbons (Fsp3) is 0.811. The number of quaternary nitrogens is 1. The van der Waals surface area contributed by atoms with E-state index in [1.165, 1.54) is 199 Å². The number of carbonyl (C=O) groups is 2. The van der Waals surface area contributed by atoms with E-state index in [-0.39, 0.29) is 25.1 Å². The van der Waals surface area contributed by atoms with Gasteiger partial charge in [-0.25, -0.2) is 4.57 Å². The van der Waals surface area contributed by atoms with Crippen molar-refractivity contribution >= 4 is 19.7 Å². The molecule has 10 heteroatoms. The number of hydrogen-bond donors (Lipinski definition) is 2. The summed E-state index contributed by atoms with van der Waals surface area (Å²) >= 11 is 0. The number of allylic oxidation sites excluding steroid dienone is 11. The molecular weight excluding hydrogens is 1060 g/mol. The molecule has 0 saturated carbocycles. The topological polar surface area (TPSA) is 111 Å². The maximum atomic E-state index is 13.6. The normalized spacial score (nSPS) is 13.9. The van der Waals surface area contributed by atoms with Crippen molar-refractivity contribution in [3.8, 4) is 0 Å². The third-order valence-electron chi connectivity index (χ3n) is 15.9. The van der Waals surface area contributed by atoms with Gasteiger partial charge in [-0.3, -0.25) is 18.6 Å². The highest BCUT2D eigenvalue weighted by Crippen LogP contribution is 2.43. The Kier molecular flexibility index (Phi) is 61.5. The number of unbranched alkanes of at least 4 members (excludes halogenated alkanes) is 39. The predicted octanol–water partition coefficient (Wildman–Crippen LogP) is 22.7. The first-order valence-electron chi connectivity index (χ1n) is 35.8. The van der Waals surface area contributed by atoms with Crippen LogP contribution in [0.25, 0.3) is 0 Å². The van der Waals surface area contributed by atoms with E-state index in [0.717, 1.165) is 103 Å². The molecule has 0 fully saturated rings. The zero-order chi connectivity index (χ0) is 61.4. The third-order valence-corrected chi connectivity index (χ3v) is 16.9. The van der Waals surface area contributed by atoms with Gasteiger partial charge in [-0.05, 0) is 76.7 Å². The second-order valence-electron chi connectivity index (χ2n) is 25.4. The standard InChI is InChI=1S/C74H137N2O7P/c1-7-10-13-16-19-22-25-28-30-32-34-36-38-40-42-44-46-48-51-54-57-60-63-66-73(77)75-71(70-82-84(79,80)81-69-68-76(4,5)6)72(65-62-59-56-53-50-27-24-21-18-15-12-9-3)83-74(78)67-64-61-58-55-52-49-47-45-43-41-39-37-35-33-31-29-26-23-20-17-14-11-8-2/h10,13,19,22,28,30,34,36,40,42,62,65,71-72H,7-9,11-12,14-18,20-21,23-27,29,31-33,35,37-39,41,43-61,63-64,66-70H2,1-6H3,(H-,75,77,79,80)/p+1/b13-10-,22-19-,30-28-,36-34-,42-40-,65-62+. The number of nitrogens with one attached hydrogen (secondary N) is 1. The smallest absolute Gasteiger partial charge is 0.456 e. The second kappa shape index (κ2) is 63.5. The van der Waals surface area contributed by atoms with Gasteiger partial charge in [0.25, 0.3) is 0 Å². The molecule has 3 unspecified atom stereocenters. The van der Waals surface area contributed by atoms with Gasteiger partial charge in [-0.2, -0.15) is 0 Å². The molecule has 0 radical (unpaired) electrons. The van der Waals surface area contributed by atoms with Crippen molar-refractivity contribution < 1.29 is 37.3 Å². The number of nitrogens with zero attached hydrogens (tertiary/aromatic N) is 1. The van der Waals surface area contributed by atoms with E-state index in [2.05, 4.69) is 86.8 Å². The molecule has 84 heavy (non-hydrogen) atoms. The molecule has 0 aliphatic carbocycles.